The van der Waals surface area contributed by atoms with E-state index in [9.17, 15) is 9.59 Å². The number of piperidine rings is 2. The maximum Gasteiger partial charge on any atom is 0.249 e. The molecule has 5 nitrogen and oxygen atoms in total. The van der Waals surface area contributed by atoms with Gasteiger partial charge in [-0.2, -0.15) is 0 Å². The summed E-state index contributed by atoms with van der Waals surface area (Å²) < 4.78 is 0. The van der Waals surface area contributed by atoms with Crippen molar-refractivity contribution in [2.45, 2.75) is 44.1 Å². The molecule has 4 rings (SSSR count). The largest absolute Gasteiger partial charge is 0.359 e. The highest BCUT2D eigenvalue weighted by Crippen LogP contribution is 2.35. The predicted octanol–water partition coefficient (Wildman–Crippen LogP) is 1.32. The van der Waals surface area contributed by atoms with Crippen LogP contribution in [0.25, 0.3) is 0 Å². The zero-order valence-corrected chi connectivity index (χ0v) is 13.3. The Morgan fingerprint density at radius 2 is 1.87 bits per heavy atom. The van der Waals surface area contributed by atoms with E-state index in [0.717, 1.165) is 26.1 Å². The average Bonchev–Trinajstić information content (AvgIpc) is 2.99. The normalized spacial score (nSPS) is 25.4. The number of fused-ring (bicyclic) bond motifs is 1. The second-order valence-corrected chi connectivity index (χ2v) is 6.82. The highest BCUT2D eigenvalue weighted by molar-refractivity contribution is 6.01. The minimum Gasteiger partial charge on any atom is -0.359 e. The first-order valence-corrected chi connectivity index (χ1v) is 8.66. The number of benzene rings is 1. The van der Waals surface area contributed by atoms with E-state index >= 15 is 0 Å². The van der Waals surface area contributed by atoms with Crippen LogP contribution in [0.5, 0.6) is 0 Å². The Morgan fingerprint density at radius 3 is 2.65 bits per heavy atom. The maximum atomic E-state index is 12.1. The average molecular weight is 313 g/mol. The Labute approximate surface area is 136 Å². The molecule has 0 aromatic heterocycles. The fraction of sp³-hybridized carbons (Fsp3) is 0.556. The second kappa shape index (κ2) is 5.96. The maximum absolute atomic E-state index is 12.1. The van der Waals surface area contributed by atoms with Crippen LogP contribution >= 0.6 is 0 Å². The van der Waals surface area contributed by atoms with E-state index in [2.05, 4.69) is 33.7 Å². The number of hydrogen-bond acceptors (Lipinski definition) is 4. The number of rotatable bonds is 2. The van der Waals surface area contributed by atoms with Gasteiger partial charge in [-0.25, -0.2) is 0 Å². The molecular formula is C18H23N3O2. The molecule has 1 unspecified atom stereocenters. The van der Waals surface area contributed by atoms with Gasteiger partial charge in [0, 0.05) is 18.7 Å². The van der Waals surface area contributed by atoms with Crippen LogP contribution in [0.15, 0.2) is 18.2 Å². The van der Waals surface area contributed by atoms with Gasteiger partial charge >= 0.3 is 0 Å². The molecule has 122 valence electrons. The van der Waals surface area contributed by atoms with E-state index in [4.69, 9.17) is 0 Å². The first-order chi connectivity index (χ1) is 11.2. The summed E-state index contributed by atoms with van der Waals surface area (Å²) in [6.45, 7) is 3.07. The topological polar surface area (TPSA) is 61.4 Å². The molecule has 1 aromatic rings. The number of carbonyl (C=O) groups is 2. The lowest BCUT2D eigenvalue weighted by Crippen LogP contribution is -2.52. The molecule has 5 heteroatoms. The first-order valence-electron chi connectivity index (χ1n) is 8.66. The summed E-state index contributed by atoms with van der Waals surface area (Å²) in [5.74, 6) is 0.370. The van der Waals surface area contributed by atoms with Gasteiger partial charge in [-0.3, -0.25) is 14.9 Å². The lowest BCUT2D eigenvalue weighted by molar-refractivity contribution is -0.134. The van der Waals surface area contributed by atoms with E-state index in [1.165, 1.54) is 29.7 Å². The van der Waals surface area contributed by atoms with Crippen molar-refractivity contribution in [3.05, 3.63) is 29.3 Å². The van der Waals surface area contributed by atoms with Crippen LogP contribution in [0.3, 0.4) is 0 Å². The summed E-state index contributed by atoms with van der Waals surface area (Å²) in [4.78, 5) is 25.7. The molecule has 1 atom stereocenters. The molecule has 1 aromatic carbocycles. The molecule has 3 aliphatic heterocycles. The third kappa shape index (κ3) is 2.74. The van der Waals surface area contributed by atoms with Crippen LogP contribution in [0.1, 0.15) is 42.7 Å². The third-order valence-corrected chi connectivity index (χ3v) is 5.43. The third-order valence-electron chi connectivity index (χ3n) is 5.43. The fourth-order valence-electron chi connectivity index (χ4n) is 4.16. The highest BCUT2D eigenvalue weighted by atomic mass is 16.2. The van der Waals surface area contributed by atoms with E-state index < -0.39 is 0 Å². The van der Waals surface area contributed by atoms with Crippen LogP contribution < -0.4 is 15.5 Å². The molecule has 2 N–H and O–H groups in total. The molecule has 2 fully saturated rings. The van der Waals surface area contributed by atoms with E-state index in [1.807, 2.05) is 0 Å². The van der Waals surface area contributed by atoms with Crippen molar-refractivity contribution >= 4 is 17.5 Å². The van der Waals surface area contributed by atoms with Crippen molar-refractivity contribution in [1.82, 2.24) is 10.6 Å². The molecule has 0 spiro atoms. The van der Waals surface area contributed by atoms with Crippen molar-refractivity contribution in [2.75, 3.05) is 24.5 Å². The lowest BCUT2D eigenvalue weighted by atomic mass is 9.89. The van der Waals surface area contributed by atoms with E-state index in [0.29, 0.717) is 18.8 Å². The van der Waals surface area contributed by atoms with Gasteiger partial charge in [0.2, 0.25) is 11.8 Å². The number of carbonyl (C=O) groups excluding carboxylic acids is 2. The number of imide groups is 1. The molecular weight excluding hydrogens is 290 g/mol. The molecule has 0 radical (unpaired) electrons. The van der Waals surface area contributed by atoms with Crippen LogP contribution in [0, 0.1) is 0 Å². The van der Waals surface area contributed by atoms with Gasteiger partial charge in [0.25, 0.3) is 0 Å². The quantitative estimate of drug-likeness (QED) is 0.809. The summed E-state index contributed by atoms with van der Waals surface area (Å²) >= 11 is 0. The van der Waals surface area contributed by atoms with Crippen LogP contribution in [0.4, 0.5) is 5.69 Å². The Morgan fingerprint density at radius 1 is 1.04 bits per heavy atom. The van der Waals surface area contributed by atoms with Gasteiger partial charge in [0.15, 0.2) is 0 Å². The summed E-state index contributed by atoms with van der Waals surface area (Å²) in [7, 11) is 0. The SMILES string of the molecule is O=C1CCC(N2CCc3cc(C4CCNCC4)ccc32)C(=O)N1. The number of anilines is 1. The van der Waals surface area contributed by atoms with Gasteiger partial charge < -0.3 is 10.2 Å². The van der Waals surface area contributed by atoms with E-state index in [-0.39, 0.29) is 17.9 Å². The number of amides is 2. The monoisotopic (exact) mass is 313 g/mol. The summed E-state index contributed by atoms with van der Waals surface area (Å²) in [5.41, 5.74) is 3.97. The Bertz CT molecular complexity index is 637. The first kappa shape index (κ1) is 14.7. The van der Waals surface area contributed by atoms with Crippen molar-refractivity contribution in [3.63, 3.8) is 0 Å². The molecule has 0 saturated carbocycles. The number of hydrogen-bond donors (Lipinski definition) is 2. The smallest absolute Gasteiger partial charge is 0.249 e. The minimum atomic E-state index is -0.196. The summed E-state index contributed by atoms with van der Waals surface area (Å²) in [6, 6.07) is 6.57. The molecule has 3 aliphatic rings. The predicted molar refractivity (Wildman–Crippen MR) is 88.5 cm³/mol. The standard InChI is InChI=1S/C18H23N3O2/c22-17-4-3-16(18(23)20-17)21-10-7-14-11-13(1-2-15(14)21)12-5-8-19-9-6-12/h1-2,11-12,16,19H,3-10H2,(H,20,22,23). The number of nitrogens with zero attached hydrogens (tertiary/aromatic N) is 1. The second-order valence-electron chi connectivity index (χ2n) is 6.82. The van der Waals surface area contributed by atoms with Gasteiger partial charge in [-0.05, 0) is 61.9 Å². The van der Waals surface area contributed by atoms with Crippen LogP contribution in [-0.2, 0) is 16.0 Å². The van der Waals surface area contributed by atoms with Crippen molar-refractivity contribution in [3.8, 4) is 0 Å². The molecule has 0 bridgehead atoms. The zero-order valence-electron chi connectivity index (χ0n) is 13.3. The molecule has 2 amide bonds. The van der Waals surface area contributed by atoms with Gasteiger partial charge in [-0.15, -0.1) is 0 Å². The van der Waals surface area contributed by atoms with Gasteiger partial charge in [0.1, 0.15) is 6.04 Å². The zero-order chi connectivity index (χ0) is 15.8. The molecule has 23 heavy (non-hydrogen) atoms. The number of nitrogens with one attached hydrogen (secondary N) is 2. The molecule has 3 heterocycles. The van der Waals surface area contributed by atoms with Crippen molar-refractivity contribution < 1.29 is 9.59 Å². The van der Waals surface area contributed by atoms with Crippen LogP contribution in [-0.4, -0.2) is 37.5 Å². The van der Waals surface area contributed by atoms with Gasteiger partial charge in [-0.1, -0.05) is 12.1 Å². The molecule has 2 saturated heterocycles. The van der Waals surface area contributed by atoms with Gasteiger partial charge in [0.05, 0.1) is 0 Å². The Kier molecular flexibility index (Phi) is 3.81. The summed E-state index contributed by atoms with van der Waals surface area (Å²) in [6.07, 6.45) is 4.46. The lowest BCUT2D eigenvalue weighted by Gasteiger charge is -2.32. The van der Waals surface area contributed by atoms with Crippen molar-refractivity contribution in [2.24, 2.45) is 0 Å². The van der Waals surface area contributed by atoms with Crippen molar-refractivity contribution in [1.29, 1.82) is 0 Å². The fourth-order valence-corrected chi connectivity index (χ4v) is 4.16. The molecule has 0 aliphatic carbocycles. The summed E-state index contributed by atoms with van der Waals surface area (Å²) in [5, 5.41) is 5.89. The Hall–Kier alpha value is -1.88. The Balaban J connectivity index is 1.55. The highest BCUT2D eigenvalue weighted by Gasteiger charge is 2.35. The van der Waals surface area contributed by atoms with Crippen LogP contribution in [0.2, 0.25) is 0 Å². The minimum absolute atomic E-state index is 0.142. The van der Waals surface area contributed by atoms with E-state index in [1.54, 1.807) is 0 Å².